The van der Waals surface area contributed by atoms with Crippen LogP contribution < -0.4 is 40.9 Å². The van der Waals surface area contributed by atoms with E-state index in [1.54, 1.807) is 89.1 Å². The molecule has 0 radical (unpaired) electrons. The fourth-order valence-electron chi connectivity index (χ4n) is 10.3. The van der Waals surface area contributed by atoms with E-state index in [1.165, 1.54) is 60.2 Å². The largest absolute Gasteiger partial charge is 0.497 e. The Labute approximate surface area is 557 Å². The Morgan fingerprint density at radius 2 is 0.432 bits per heavy atom. The van der Waals surface area contributed by atoms with Crippen molar-refractivity contribution in [2.24, 2.45) is 17.2 Å². The van der Waals surface area contributed by atoms with Gasteiger partial charge in [0.2, 0.25) is 47.3 Å². The molecule has 5 rings (SSSR count). The maximum absolute atomic E-state index is 15.1. The van der Waals surface area contributed by atoms with Crippen LogP contribution in [-0.2, 0) is 75.3 Å². The molecule has 25 nitrogen and oxygen atoms in total. The van der Waals surface area contributed by atoms with E-state index in [1.807, 2.05) is 60.7 Å². The number of carbonyl (C=O) groups is 9. The number of nitrogens with two attached hydrogens (primary N) is 3. The van der Waals surface area contributed by atoms with Gasteiger partial charge in [-0.25, -0.2) is 0 Å². The molecule has 0 atom stereocenters. The van der Waals surface area contributed by atoms with Crippen LogP contribution in [0.5, 0.6) is 28.7 Å². The van der Waals surface area contributed by atoms with Gasteiger partial charge in [0.1, 0.15) is 34.5 Å². The van der Waals surface area contributed by atoms with Crippen LogP contribution in [0.25, 0.3) is 0 Å². The first-order valence-electron chi connectivity index (χ1n) is 31.7. The van der Waals surface area contributed by atoms with Gasteiger partial charge in [0.15, 0.2) is 0 Å². The summed E-state index contributed by atoms with van der Waals surface area (Å²) in [6.07, 6.45) is 1.53. The first-order chi connectivity index (χ1) is 45.7. The average Bonchev–Trinajstić information content (AvgIpc) is 1.29. The minimum atomic E-state index is -0.654. The number of amides is 8. The first-order valence-corrected chi connectivity index (χ1v) is 31.7. The lowest BCUT2D eigenvalue weighted by atomic mass is 10.1. The van der Waals surface area contributed by atoms with Crippen molar-refractivity contribution < 1.29 is 66.8 Å². The van der Waals surface area contributed by atoms with Crippen LogP contribution in [0.15, 0.2) is 121 Å². The average molecular weight is 1310 g/mol. The monoisotopic (exact) mass is 1310 g/mol. The zero-order valence-electron chi connectivity index (χ0n) is 56.0. The summed E-state index contributed by atoms with van der Waals surface area (Å²) in [6, 6.07) is 36.1. The highest BCUT2D eigenvalue weighted by molar-refractivity contribution is 5.94. The molecule has 0 saturated carbocycles. The highest BCUT2D eigenvalue weighted by Crippen LogP contribution is 2.19. The van der Waals surface area contributed by atoms with Crippen LogP contribution >= 0.6 is 0 Å². The second-order valence-corrected chi connectivity index (χ2v) is 22.7. The minimum Gasteiger partial charge on any atom is -0.497 e. The van der Waals surface area contributed by atoms with Gasteiger partial charge in [-0.3, -0.25) is 43.2 Å². The maximum atomic E-state index is 15.1. The molecule has 0 aliphatic rings. The molecule has 8 amide bonds. The Hall–Kier alpha value is -9.59. The lowest BCUT2D eigenvalue weighted by Crippen LogP contribution is -2.53. The zero-order chi connectivity index (χ0) is 69.2. The Morgan fingerprint density at radius 3 is 0.600 bits per heavy atom. The predicted octanol–water partition coefficient (Wildman–Crippen LogP) is 2.36. The lowest BCUT2D eigenvalue weighted by molar-refractivity contribution is -0.148. The van der Waals surface area contributed by atoms with E-state index in [-0.39, 0.29) is 116 Å². The molecule has 0 saturated heterocycles. The Balaban J connectivity index is 1.46. The van der Waals surface area contributed by atoms with Crippen molar-refractivity contribution >= 4 is 53.0 Å². The van der Waals surface area contributed by atoms with Gasteiger partial charge < -0.3 is 80.1 Å². The molecule has 0 bridgehead atoms. The highest BCUT2D eigenvalue weighted by Gasteiger charge is 2.31. The molecular formula is C70H95N11O14. The molecule has 0 fully saturated rings. The number of nitrogens with zero attached hydrogens (tertiary/aromatic N) is 8. The normalized spacial score (nSPS) is 10.8. The van der Waals surface area contributed by atoms with Gasteiger partial charge in [0.05, 0.1) is 87.9 Å². The molecule has 0 aromatic heterocycles. The van der Waals surface area contributed by atoms with Gasteiger partial charge in [0, 0.05) is 78.9 Å². The van der Waals surface area contributed by atoms with E-state index in [4.69, 9.17) is 40.9 Å². The molecule has 0 spiro atoms. The summed E-state index contributed by atoms with van der Waals surface area (Å²) in [7, 11) is 7.73. The Bertz CT molecular complexity index is 3250. The number of hydrogen-bond donors (Lipinski definition) is 3. The summed E-state index contributed by atoms with van der Waals surface area (Å²) in [6.45, 7) is -0.880. The summed E-state index contributed by atoms with van der Waals surface area (Å²) in [4.78, 5) is 138. The van der Waals surface area contributed by atoms with Gasteiger partial charge in [-0.15, -0.1) is 0 Å². The number of benzene rings is 5. The summed E-state index contributed by atoms with van der Waals surface area (Å²) < 4.78 is 26.7. The van der Waals surface area contributed by atoms with Crippen molar-refractivity contribution in [2.45, 2.75) is 46.0 Å². The highest BCUT2D eigenvalue weighted by atomic mass is 16.5. The fraction of sp³-hybridized carbons (Fsp3) is 0.443. The van der Waals surface area contributed by atoms with E-state index in [0.29, 0.717) is 41.6 Å². The van der Waals surface area contributed by atoms with E-state index >= 15 is 9.59 Å². The van der Waals surface area contributed by atoms with E-state index < -0.39 is 80.6 Å². The molecular weight excluding hydrogens is 1220 g/mol. The first kappa shape index (κ1) is 76.1. The van der Waals surface area contributed by atoms with Crippen molar-refractivity contribution in [3.8, 4) is 28.7 Å². The molecule has 6 N–H and O–H groups in total. The van der Waals surface area contributed by atoms with E-state index in [9.17, 15) is 33.6 Å². The number of hydrogen-bond acceptors (Lipinski definition) is 17. The Morgan fingerprint density at radius 1 is 0.263 bits per heavy atom. The number of carbonyl (C=O) groups excluding carboxylic acids is 9. The topological polar surface area (TPSA) is 304 Å². The number of rotatable bonds is 42. The van der Waals surface area contributed by atoms with Gasteiger partial charge in [0.25, 0.3) is 0 Å². The number of Topliss-reactive ketones (excluding diaryl/α,β-unsaturated/α-hetero) is 1. The summed E-state index contributed by atoms with van der Waals surface area (Å²) in [5.41, 5.74) is 22.2. The van der Waals surface area contributed by atoms with Crippen LogP contribution in [0.1, 0.15) is 41.7 Å². The van der Waals surface area contributed by atoms with Gasteiger partial charge >= 0.3 is 0 Å². The van der Waals surface area contributed by atoms with Gasteiger partial charge in [-0.05, 0) is 128 Å². The second-order valence-electron chi connectivity index (χ2n) is 22.7. The molecule has 25 heteroatoms. The molecule has 514 valence electrons. The predicted molar refractivity (Wildman–Crippen MR) is 360 cm³/mol. The van der Waals surface area contributed by atoms with Crippen molar-refractivity contribution in [3.05, 3.63) is 149 Å². The summed E-state index contributed by atoms with van der Waals surface area (Å²) >= 11 is 0. The number of ether oxygens (including phenoxy) is 5. The van der Waals surface area contributed by atoms with Crippen molar-refractivity contribution in [1.29, 1.82) is 0 Å². The second kappa shape index (κ2) is 40.5. The molecule has 0 aliphatic heterocycles. The molecule has 95 heavy (non-hydrogen) atoms. The van der Waals surface area contributed by atoms with E-state index in [0.717, 1.165) is 27.8 Å². The third-order valence-electron chi connectivity index (χ3n) is 16.0. The standard InChI is InChI=1S/C70H95N11O14/c1-52(82)44-75(36-28-54-8-18-59(91-3)19-9-54)65(85)50-80(42-34-72)69(89)48-79(40-32-58-16-26-63(95-7)27-17-58)67(87)47-77(38-30-56-12-22-61(93-5)23-13-56)68(88)51-81(43-35-73)70(90)49-78(39-31-57-14-24-62(94-6)25-15-57)66(86)46-76(64(84)45-74(41-33-71)53(2)83)37-29-55-10-20-60(92-4)21-11-55/h8-27H,28-51,71-73H2,1-7H3. The molecule has 5 aromatic rings. The summed E-state index contributed by atoms with van der Waals surface area (Å²) in [5.74, 6) is -1.68. The summed E-state index contributed by atoms with van der Waals surface area (Å²) in [5, 5.41) is 0. The van der Waals surface area contributed by atoms with Crippen LogP contribution in [0.4, 0.5) is 0 Å². The molecule has 5 aromatic carbocycles. The van der Waals surface area contributed by atoms with Crippen molar-refractivity contribution in [1.82, 2.24) is 39.2 Å². The zero-order valence-corrected chi connectivity index (χ0v) is 56.0. The lowest BCUT2D eigenvalue weighted by Gasteiger charge is -2.32. The smallest absolute Gasteiger partial charge is 0.242 e. The minimum absolute atomic E-state index is 0.000262. The van der Waals surface area contributed by atoms with Gasteiger partial charge in [-0.1, -0.05) is 60.7 Å². The maximum Gasteiger partial charge on any atom is 0.242 e. The molecule has 0 unspecified atom stereocenters. The fourth-order valence-corrected chi connectivity index (χ4v) is 10.3. The SMILES string of the molecule is COc1ccc(CCN(CC(C)=O)C(=O)CN(CCN)C(=O)CN(CCc2ccc(OC)cc2)C(=O)CN(CCc2ccc(OC)cc2)C(=O)CN(CCN)C(=O)CN(CCc2ccc(OC)cc2)C(=O)CN(CCc2ccc(OC)cc2)C(=O)CN(CCN)C(C)=O)cc1. The van der Waals surface area contributed by atoms with Crippen LogP contribution in [0.3, 0.4) is 0 Å². The third kappa shape index (κ3) is 26.0. The third-order valence-corrected chi connectivity index (χ3v) is 16.0. The van der Waals surface area contributed by atoms with Crippen molar-refractivity contribution in [3.63, 3.8) is 0 Å². The van der Waals surface area contributed by atoms with Crippen molar-refractivity contribution in [2.75, 3.05) is 160 Å². The number of methoxy groups -OCH3 is 5. The quantitative estimate of drug-likeness (QED) is 0.0505. The van der Waals surface area contributed by atoms with Gasteiger partial charge in [-0.2, -0.15) is 0 Å². The van der Waals surface area contributed by atoms with E-state index in [2.05, 4.69) is 0 Å². The molecule has 0 aliphatic carbocycles. The van der Waals surface area contributed by atoms with Crippen LogP contribution in [0.2, 0.25) is 0 Å². The van der Waals surface area contributed by atoms with Crippen LogP contribution in [-0.4, -0.2) is 252 Å². The number of ketones is 1. The molecule has 0 heterocycles. The van der Waals surface area contributed by atoms with Crippen LogP contribution in [0, 0.1) is 0 Å². The Kier molecular flexibility index (Phi) is 32.5.